The molecule has 24 heavy (non-hydrogen) atoms. The van der Waals surface area contributed by atoms with E-state index in [0.717, 1.165) is 38.5 Å². The number of ketones is 1. The molecule has 0 bridgehead atoms. The first-order chi connectivity index (χ1) is 11.4. The van der Waals surface area contributed by atoms with Gasteiger partial charge in [-0.15, -0.1) is 0 Å². The number of hydrogen-bond donors (Lipinski definition) is 3. The Kier molecular flexibility index (Phi) is 14.2. The zero-order valence-electron chi connectivity index (χ0n) is 14.5. The predicted molar refractivity (Wildman–Crippen MR) is 90.9 cm³/mol. The summed E-state index contributed by atoms with van der Waals surface area (Å²) in [4.78, 5) is 30.3. The van der Waals surface area contributed by atoms with Crippen molar-refractivity contribution in [3.63, 3.8) is 0 Å². The van der Waals surface area contributed by atoms with Crippen molar-refractivity contribution in [3.8, 4) is 0 Å². The van der Waals surface area contributed by atoms with Crippen LogP contribution >= 0.6 is 0 Å². The van der Waals surface area contributed by atoms with Crippen molar-refractivity contribution in [2.75, 3.05) is 0 Å². The molecule has 0 saturated heterocycles. The van der Waals surface area contributed by atoms with Crippen LogP contribution in [-0.2, 0) is 14.4 Å². The standard InChI is InChI=1S/C6H10O4.C6H12O.C6H10O/c7-5(8)3-1-2-4-6(9)10;2*7-6-4-2-1-3-5-6/h1-4H2,(H,7,8)(H,9,10);6-7H,1-5H2;1-5H2. The van der Waals surface area contributed by atoms with Crippen LogP contribution in [0.25, 0.3) is 0 Å². The summed E-state index contributed by atoms with van der Waals surface area (Å²) in [7, 11) is 0. The molecule has 3 N–H and O–H groups in total. The molecule has 6 heteroatoms. The molecule has 0 aromatic rings. The maximum Gasteiger partial charge on any atom is 0.303 e. The molecule has 0 atom stereocenters. The Labute approximate surface area is 144 Å². The van der Waals surface area contributed by atoms with E-state index in [4.69, 9.17) is 15.3 Å². The number of hydrogen-bond acceptors (Lipinski definition) is 4. The Hall–Kier alpha value is -1.43. The van der Waals surface area contributed by atoms with Crippen LogP contribution in [0.1, 0.15) is 89.9 Å². The first kappa shape index (κ1) is 22.6. The minimum Gasteiger partial charge on any atom is -0.481 e. The number of carbonyl (C=O) groups is 3. The molecule has 2 aliphatic carbocycles. The first-order valence-corrected chi connectivity index (χ1v) is 9.05. The second-order valence-corrected chi connectivity index (χ2v) is 6.39. The summed E-state index contributed by atoms with van der Waals surface area (Å²) in [6, 6.07) is 0. The molecule has 2 aliphatic rings. The highest BCUT2D eigenvalue weighted by Gasteiger charge is 2.07. The van der Waals surface area contributed by atoms with E-state index in [0.29, 0.717) is 18.6 Å². The fourth-order valence-electron chi connectivity index (χ4n) is 2.58. The third kappa shape index (κ3) is 16.9. The fourth-order valence-corrected chi connectivity index (χ4v) is 2.58. The lowest BCUT2D eigenvalue weighted by Crippen LogP contribution is -2.09. The smallest absolute Gasteiger partial charge is 0.303 e. The zero-order chi connectivity index (χ0) is 18.2. The summed E-state index contributed by atoms with van der Waals surface area (Å²) in [5, 5.41) is 25.2. The Morgan fingerprint density at radius 2 is 1.21 bits per heavy atom. The number of carboxylic acids is 2. The summed E-state index contributed by atoms with van der Waals surface area (Å²) < 4.78 is 0. The number of unbranched alkanes of at least 4 members (excludes halogenated alkanes) is 1. The van der Waals surface area contributed by atoms with Crippen molar-refractivity contribution in [1.82, 2.24) is 0 Å². The number of aliphatic hydroxyl groups is 1. The Balaban J connectivity index is 0.000000337. The summed E-state index contributed by atoms with van der Waals surface area (Å²) in [6.07, 6.45) is 12.2. The Bertz CT molecular complexity index is 337. The average molecular weight is 344 g/mol. The van der Waals surface area contributed by atoms with Gasteiger partial charge in [-0.1, -0.05) is 25.7 Å². The van der Waals surface area contributed by atoms with Crippen molar-refractivity contribution >= 4 is 17.7 Å². The van der Waals surface area contributed by atoms with E-state index in [9.17, 15) is 14.4 Å². The van der Waals surface area contributed by atoms with E-state index in [2.05, 4.69) is 0 Å². The molecule has 0 amide bonds. The number of rotatable bonds is 5. The number of aliphatic hydroxyl groups excluding tert-OH is 1. The highest BCUT2D eigenvalue weighted by atomic mass is 16.4. The van der Waals surface area contributed by atoms with Crippen LogP contribution in [0.4, 0.5) is 0 Å². The van der Waals surface area contributed by atoms with Gasteiger partial charge in [0.1, 0.15) is 5.78 Å². The Morgan fingerprint density at radius 1 is 0.792 bits per heavy atom. The van der Waals surface area contributed by atoms with Crippen LogP contribution in [0.15, 0.2) is 0 Å². The van der Waals surface area contributed by atoms with E-state index >= 15 is 0 Å². The fraction of sp³-hybridized carbons (Fsp3) is 0.833. The summed E-state index contributed by atoms with van der Waals surface area (Å²) >= 11 is 0. The van der Waals surface area contributed by atoms with Gasteiger partial charge >= 0.3 is 11.9 Å². The van der Waals surface area contributed by atoms with E-state index in [1.165, 1.54) is 25.7 Å². The van der Waals surface area contributed by atoms with Crippen LogP contribution in [0, 0.1) is 0 Å². The second-order valence-electron chi connectivity index (χ2n) is 6.39. The van der Waals surface area contributed by atoms with Gasteiger partial charge in [-0.3, -0.25) is 14.4 Å². The molecule has 0 aromatic carbocycles. The first-order valence-electron chi connectivity index (χ1n) is 9.05. The van der Waals surface area contributed by atoms with Crippen LogP contribution in [0.3, 0.4) is 0 Å². The van der Waals surface area contributed by atoms with Gasteiger partial charge in [0.15, 0.2) is 0 Å². The Morgan fingerprint density at radius 3 is 1.46 bits per heavy atom. The van der Waals surface area contributed by atoms with E-state index in [-0.39, 0.29) is 18.9 Å². The van der Waals surface area contributed by atoms with Crippen molar-refractivity contribution in [2.45, 2.75) is 96.0 Å². The summed E-state index contributed by atoms with van der Waals surface area (Å²) in [5.41, 5.74) is 0. The quantitative estimate of drug-likeness (QED) is 0.658. The highest BCUT2D eigenvalue weighted by Crippen LogP contribution is 2.16. The largest absolute Gasteiger partial charge is 0.481 e. The van der Waals surface area contributed by atoms with Crippen molar-refractivity contribution in [3.05, 3.63) is 0 Å². The van der Waals surface area contributed by atoms with Crippen LogP contribution in [0.2, 0.25) is 0 Å². The lowest BCUT2D eigenvalue weighted by molar-refractivity contribution is -0.139. The number of Topliss-reactive ketones (excluding diaryl/α,β-unsaturated/α-hetero) is 1. The van der Waals surface area contributed by atoms with Gasteiger partial charge in [-0.25, -0.2) is 0 Å². The average Bonchev–Trinajstić information content (AvgIpc) is 2.54. The maximum absolute atomic E-state index is 10.5. The van der Waals surface area contributed by atoms with Crippen LogP contribution in [-0.4, -0.2) is 39.1 Å². The van der Waals surface area contributed by atoms with E-state index in [1.54, 1.807) is 0 Å². The molecular weight excluding hydrogens is 312 g/mol. The van der Waals surface area contributed by atoms with Gasteiger partial charge in [0.25, 0.3) is 0 Å². The van der Waals surface area contributed by atoms with Gasteiger partial charge in [-0.2, -0.15) is 0 Å². The second kappa shape index (κ2) is 15.1. The van der Waals surface area contributed by atoms with E-state index in [1.807, 2.05) is 0 Å². The van der Waals surface area contributed by atoms with Gasteiger partial charge in [0.2, 0.25) is 0 Å². The van der Waals surface area contributed by atoms with Crippen molar-refractivity contribution in [2.24, 2.45) is 0 Å². The number of carbonyl (C=O) groups excluding carboxylic acids is 1. The lowest BCUT2D eigenvalue weighted by Gasteiger charge is -2.14. The minimum absolute atomic E-state index is 0.0359. The minimum atomic E-state index is -0.870. The molecular formula is C18H32O6. The highest BCUT2D eigenvalue weighted by molar-refractivity contribution is 5.78. The SMILES string of the molecule is O=C(O)CCCCC(=O)O.O=C1CCCCC1.OC1CCCCC1. The van der Waals surface area contributed by atoms with E-state index < -0.39 is 11.9 Å². The predicted octanol–water partition coefficient (Wildman–Crippen LogP) is 3.55. The van der Waals surface area contributed by atoms with Gasteiger partial charge < -0.3 is 15.3 Å². The van der Waals surface area contributed by atoms with Crippen LogP contribution in [0.5, 0.6) is 0 Å². The van der Waals surface area contributed by atoms with Gasteiger partial charge in [0, 0.05) is 25.7 Å². The molecule has 0 aliphatic heterocycles. The maximum atomic E-state index is 10.5. The monoisotopic (exact) mass is 344 g/mol. The lowest BCUT2D eigenvalue weighted by atomic mass is 9.98. The molecule has 2 fully saturated rings. The zero-order valence-corrected chi connectivity index (χ0v) is 14.5. The third-order valence-electron chi connectivity index (χ3n) is 4.02. The van der Waals surface area contributed by atoms with Crippen molar-refractivity contribution in [1.29, 1.82) is 0 Å². The molecule has 6 nitrogen and oxygen atoms in total. The molecule has 0 unspecified atom stereocenters. The number of aliphatic carboxylic acids is 2. The van der Waals surface area contributed by atoms with Gasteiger partial charge in [-0.05, 0) is 38.5 Å². The molecule has 2 rings (SSSR count). The normalized spacial score (nSPS) is 17.8. The topological polar surface area (TPSA) is 112 Å². The molecule has 140 valence electrons. The molecule has 2 saturated carbocycles. The molecule has 0 aromatic heterocycles. The van der Waals surface area contributed by atoms with Crippen molar-refractivity contribution < 1.29 is 29.7 Å². The third-order valence-corrected chi connectivity index (χ3v) is 4.02. The molecule has 0 radical (unpaired) electrons. The molecule has 0 spiro atoms. The summed E-state index contributed by atoms with van der Waals surface area (Å²) in [6.45, 7) is 0. The van der Waals surface area contributed by atoms with Gasteiger partial charge in [0.05, 0.1) is 6.10 Å². The van der Waals surface area contributed by atoms with Crippen LogP contribution < -0.4 is 0 Å². The number of carboxylic acid groups (broad SMARTS) is 2. The summed E-state index contributed by atoms with van der Waals surface area (Å²) in [5.74, 6) is -1.28. The molecule has 0 heterocycles.